The first-order chi connectivity index (χ1) is 12.6. The molecule has 0 radical (unpaired) electrons. The third-order valence-electron chi connectivity index (χ3n) is 5.58. The third kappa shape index (κ3) is 8.03. The molecular weight excluding hydrogens is 453 g/mol. The van der Waals surface area contributed by atoms with Crippen LogP contribution in [0.15, 0.2) is 4.99 Å². The standard InChI is InChI=1S/C20H39N5O.HI/c1-4-21-20(22-11-17-7-8-25(14-17)18-5-6-18)23-12-19-15-24(9-10-26-19)13-16(2)3;/h16-19H,4-15H2,1-3H3,(H2,21,22,23);1H. The lowest BCUT2D eigenvalue weighted by Crippen LogP contribution is -2.50. The van der Waals surface area contributed by atoms with Gasteiger partial charge in [-0.25, -0.2) is 0 Å². The highest BCUT2D eigenvalue weighted by Crippen LogP contribution is 2.31. The number of hydrogen-bond acceptors (Lipinski definition) is 4. The predicted molar refractivity (Wildman–Crippen MR) is 123 cm³/mol. The van der Waals surface area contributed by atoms with Gasteiger partial charge in [0.25, 0.3) is 0 Å². The van der Waals surface area contributed by atoms with Gasteiger partial charge in [-0.05, 0) is 44.6 Å². The molecule has 2 N–H and O–H groups in total. The number of aliphatic imine (C=N–C) groups is 1. The number of nitrogens with one attached hydrogen (secondary N) is 2. The Morgan fingerprint density at radius 1 is 1.15 bits per heavy atom. The second-order valence-corrected chi connectivity index (χ2v) is 8.63. The van der Waals surface area contributed by atoms with Crippen molar-refractivity contribution in [3.63, 3.8) is 0 Å². The molecular formula is C20H40IN5O. The summed E-state index contributed by atoms with van der Waals surface area (Å²) >= 11 is 0. The van der Waals surface area contributed by atoms with Crippen molar-refractivity contribution in [2.24, 2.45) is 16.8 Å². The molecule has 2 saturated heterocycles. The zero-order chi connectivity index (χ0) is 18.4. The summed E-state index contributed by atoms with van der Waals surface area (Å²) in [5.41, 5.74) is 0. The smallest absolute Gasteiger partial charge is 0.191 e. The molecule has 3 aliphatic rings. The van der Waals surface area contributed by atoms with E-state index in [1.807, 2.05) is 0 Å². The van der Waals surface area contributed by atoms with E-state index in [2.05, 4.69) is 41.2 Å². The Labute approximate surface area is 182 Å². The van der Waals surface area contributed by atoms with Crippen LogP contribution in [0.2, 0.25) is 0 Å². The van der Waals surface area contributed by atoms with E-state index in [-0.39, 0.29) is 30.1 Å². The molecule has 2 atom stereocenters. The van der Waals surface area contributed by atoms with E-state index >= 15 is 0 Å². The van der Waals surface area contributed by atoms with Crippen LogP contribution in [0.1, 0.15) is 40.0 Å². The fourth-order valence-electron chi connectivity index (χ4n) is 4.14. The topological polar surface area (TPSA) is 52.1 Å². The van der Waals surface area contributed by atoms with Gasteiger partial charge in [0.2, 0.25) is 0 Å². The lowest BCUT2D eigenvalue weighted by atomic mass is 10.1. The summed E-state index contributed by atoms with van der Waals surface area (Å²) < 4.78 is 5.95. The molecule has 27 heavy (non-hydrogen) atoms. The van der Waals surface area contributed by atoms with Crippen LogP contribution in [0.25, 0.3) is 0 Å². The minimum atomic E-state index is 0. The number of likely N-dealkylation sites (tertiary alicyclic amines) is 1. The number of guanidine groups is 1. The molecule has 7 heteroatoms. The molecule has 3 fully saturated rings. The zero-order valence-electron chi connectivity index (χ0n) is 17.5. The summed E-state index contributed by atoms with van der Waals surface area (Å²) in [6, 6.07) is 0.896. The maximum atomic E-state index is 5.95. The zero-order valence-corrected chi connectivity index (χ0v) is 19.8. The second-order valence-electron chi connectivity index (χ2n) is 8.63. The summed E-state index contributed by atoms with van der Waals surface area (Å²) in [7, 11) is 0. The first-order valence-electron chi connectivity index (χ1n) is 10.7. The molecule has 2 aliphatic heterocycles. The van der Waals surface area contributed by atoms with Crippen LogP contribution >= 0.6 is 24.0 Å². The van der Waals surface area contributed by atoms with Gasteiger partial charge in [0, 0.05) is 51.9 Å². The van der Waals surface area contributed by atoms with Crippen LogP contribution in [0.5, 0.6) is 0 Å². The van der Waals surface area contributed by atoms with Gasteiger partial charge in [-0.3, -0.25) is 9.89 Å². The normalized spacial score (nSPS) is 27.6. The number of rotatable bonds is 8. The maximum absolute atomic E-state index is 5.95. The molecule has 6 nitrogen and oxygen atoms in total. The first kappa shape index (κ1) is 23.2. The van der Waals surface area contributed by atoms with Crippen LogP contribution in [-0.4, -0.2) is 86.9 Å². The van der Waals surface area contributed by atoms with Gasteiger partial charge >= 0.3 is 0 Å². The number of morpholine rings is 1. The summed E-state index contributed by atoms with van der Waals surface area (Å²) in [6.07, 6.45) is 4.38. The molecule has 0 aromatic heterocycles. The van der Waals surface area contributed by atoms with E-state index in [0.717, 1.165) is 63.8 Å². The monoisotopic (exact) mass is 493 g/mol. The molecule has 1 aliphatic carbocycles. The lowest BCUT2D eigenvalue weighted by Gasteiger charge is -2.34. The van der Waals surface area contributed by atoms with Crippen molar-refractivity contribution in [2.75, 3.05) is 59.0 Å². The summed E-state index contributed by atoms with van der Waals surface area (Å²) in [5, 5.41) is 6.90. The SMILES string of the molecule is CCNC(=NCC1CCN(C2CC2)C1)NCC1CN(CC(C)C)CCO1.I. The maximum Gasteiger partial charge on any atom is 0.191 e. The van der Waals surface area contributed by atoms with Gasteiger partial charge in [0.05, 0.1) is 12.7 Å². The van der Waals surface area contributed by atoms with Crippen molar-refractivity contribution < 1.29 is 4.74 Å². The Morgan fingerprint density at radius 3 is 2.67 bits per heavy atom. The van der Waals surface area contributed by atoms with Gasteiger partial charge in [-0.2, -0.15) is 0 Å². The van der Waals surface area contributed by atoms with Gasteiger partial charge in [0.15, 0.2) is 5.96 Å². The summed E-state index contributed by atoms with van der Waals surface area (Å²) in [4.78, 5) is 10.0. The van der Waals surface area contributed by atoms with Crippen molar-refractivity contribution in [2.45, 2.75) is 52.2 Å². The highest BCUT2D eigenvalue weighted by molar-refractivity contribution is 14.0. The van der Waals surface area contributed by atoms with Crippen LogP contribution in [-0.2, 0) is 4.74 Å². The molecule has 0 spiro atoms. The molecule has 0 amide bonds. The minimum Gasteiger partial charge on any atom is -0.374 e. The van der Waals surface area contributed by atoms with Gasteiger partial charge in [-0.1, -0.05) is 13.8 Å². The molecule has 1 saturated carbocycles. The van der Waals surface area contributed by atoms with E-state index in [1.54, 1.807) is 0 Å². The minimum absolute atomic E-state index is 0. The fraction of sp³-hybridized carbons (Fsp3) is 0.950. The molecule has 158 valence electrons. The first-order valence-corrected chi connectivity index (χ1v) is 10.7. The largest absolute Gasteiger partial charge is 0.374 e. The molecule has 2 unspecified atom stereocenters. The Kier molecular flexibility index (Phi) is 10.1. The Hall–Kier alpha value is -0.120. The molecule has 3 rings (SSSR count). The number of halogens is 1. The van der Waals surface area contributed by atoms with E-state index in [4.69, 9.17) is 9.73 Å². The van der Waals surface area contributed by atoms with Gasteiger partial charge < -0.3 is 20.3 Å². The van der Waals surface area contributed by atoms with Crippen molar-refractivity contribution in [1.29, 1.82) is 0 Å². The Morgan fingerprint density at radius 2 is 1.96 bits per heavy atom. The highest BCUT2D eigenvalue weighted by Gasteiger charge is 2.34. The predicted octanol–water partition coefficient (Wildman–Crippen LogP) is 2.00. The van der Waals surface area contributed by atoms with Crippen molar-refractivity contribution in [3.05, 3.63) is 0 Å². The van der Waals surface area contributed by atoms with E-state index in [0.29, 0.717) is 5.92 Å². The van der Waals surface area contributed by atoms with Crippen LogP contribution in [0.3, 0.4) is 0 Å². The van der Waals surface area contributed by atoms with Crippen molar-refractivity contribution in [1.82, 2.24) is 20.4 Å². The number of ether oxygens (including phenoxy) is 1. The average molecular weight is 493 g/mol. The van der Waals surface area contributed by atoms with Crippen molar-refractivity contribution in [3.8, 4) is 0 Å². The fourth-order valence-corrected chi connectivity index (χ4v) is 4.14. The average Bonchev–Trinajstić information content (AvgIpc) is 3.36. The Balaban J connectivity index is 0.00000261. The second kappa shape index (κ2) is 11.8. The van der Waals surface area contributed by atoms with E-state index in [9.17, 15) is 0 Å². The quantitative estimate of drug-likeness (QED) is 0.308. The summed E-state index contributed by atoms with van der Waals surface area (Å²) in [6.45, 7) is 15.9. The van der Waals surface area contributed by atoms with Crippen LogP contribution in [0, 0.1) is 11.8 Å². The summed E-state index contributed by atoms with van der Waals surface area (Å²) in [5.74, 6) is 2.38. The highest BCUT2D eigenvalue weighted by atomic mass is 127. The number of nitrogens with zero attached hydrogens (tertiary/aromatic N) is 3. The molecule has 0 aromatic carbocycles. The molecule has 0 bridgehead atoms. The van der Waals surface area contributed by atoms with E-state index in [1.165, 1.54) is 32.4 Å². The lowest BCUT2D eigenvalue weighted by molar-refractivity contribution is -0.0284. The van der Waals surface area contributed by atoms with Crippen molar-refractivity contribution >= 4 is 29.9 Å². The van der Waals surface area contributed by atoms with Crippen LogP contribution in [0.4, 0.5) is 0 Å². The Bertz CT molecular complexity index is 458. The molecule has 0 aromatic rings. The van der Waals surface area contributed by atoms with Gasteiger partial charge in [0.1, 0.15) is 0 Å². The third-order valence-corrected chi connectivity index (χ3v) is 5.58. The number of hydrogen-bond donors (Lipinski definition) is 2. The van der Waals surface area contributed by atoms with E-state index < -0.39 is 0 Å². The molecule has 2 heterocycles. The van der Waals surface area contributed by atoms with Crippen LogP contribution < -0.4 is 10.6 Å². The van der Waals surface area contributed by atoms with Gasteiger partial charge in [-0.15, -0.1) is 24.0 Å².